The van der Waals surface area contributed by atoms with E-state index in [2.05, 4.69) is 0 Å². The molecule has 0 spiro atoms. The number of amides is 1. The second-order valence-corrected chi connectivity index (χ2v) is 5.19. The van der Waals surface area contributed by atoms with Gasteiger partial charge in [0.25, 0.3) is 5.91 Å². The average molecular weight is 282 g/mol. The largest absolute Gasteiger partial charge is 0.478 e. The molecule has 1 aliphatic rings. The number of nitrogens with zero attached hydrogens (tertiary/aromatic N) is 1. The third-order valence-corrected chi connectivity index (χ3v) is 3.44. The Morgan fingerprint density at radius 1 is 1.47 bits per heavy atom. The first-order valence-corrected chi connectivity index (χ1v) is 6.66. The van der Waals surface area contributed by atoms with E-state index in [1.54, 1.807) is 25.2 Å². The highest BCUT2D eigenvalue weighted by atomic mass is 35.5. The fourth-order valence-electron chi connectivity index (χ4n) is 2.05. The SMILES string of the molecule is CC(C)C1Oc2ccc(C(=O)CCl)cc2N(C)C1=O. The molecule has 1 aromatic rings. The Morgan fingerprint density at radius 3 is 2.74 bits per heavy atom. The second kappa shape index (κ2) is 5.21. The molecule has 1 aliphatic heterocycles. The molecule has 0 N–H and O–H groups in total. The number of carbonyl (C=O) groups is 2. The molecule has 102 valence electrons. The molecule has 0 saturated carbocycles. The van der Waals surface area contributed by atoms with Crippen molar-refractivity contribution in [2.45, 2.75) is 20.0 Å². The Morgan fingerprint density at radius 2 is 2.16 bits per heavy atom. The summed E-state index contributed by atoms with van der Waals surface area (Å²) in [4.78, 5) is 25.3. The molecule has 4 nitrogen and oxygen atoms in total. The van der Waals surface area contributed by atoms with Gasteiger partial charge in [-0.25, -0.2) is 0 Å². The number of hydrogen-bond acceptors (Lipinski definition) is 3. The number of ketones is 1. The zero-order valence-corrected chi connectivity index (χ0v) is 11.9. The van der Waals surface area contributed by atoms with Crippen molar-refractivity contribution < 1.29 is 14.3 Å². The maximum atomic E-state index is 12.2. The van der Waals surface area contributed by atoms with Crippen LogP contribution in [-0.4, -0.2) is 30.7 Å². The fourth-order valence-corrected chi connectivity index (χ4v) is 2.20. The van der Waals surface area contributed by atoms with E-state index >= 15 is 0 Å². The summed E-state index contributed by atoms with van der Waals surface area (Å²) < 4.78 is 5.71. The van der Waals surface area contributed by atoms with Gasteiger partial charge in [0.05, 0.1) is 11.6 Å². The number of halogens is 1. The molecule has 0 bridgehead atoms. The van der Waals surface area contributed by atoms with Crippen molar-refractivity contribution >= 4 is 29.0 Å². The van der Waals surface area contributed by atoms with Crippen LogP contribution in [0.4, 0.5) is 5.69 Å². The van der Waals surface area contributed by atoms with E-state index in [4.69, 9.17) is 16.3 Å². The minimum absolute atomic E-state index is 0.0775. The van der Waals surface area contributed by atoms with Crippen molar-refractivity contribution in [1.29, 1.82) is 0 Å². The number of rotatable bonds is 3. The van der Waals surface area contributed by atoms with Crippen LogP contribution in [0.5, 0.6) is 5.75 Å². The highest BCUT2D eigenvalue weighted by Gasteiger charge is 2.34. The lowest BCUT2D eigenvalue weighted by Crippen LogP contribution is -2.46. The van der Waals surface area contributed by atoms with E-state index in [0.717, 1.165) is 0 Å². The van der Waals surface area contributed by atoms with Crippen LogP contribution in [0.15, 0.2) is 18.2 Å². The molecule has 0 radical (unpaired) electrons. The van der Waals surface area contributed by atoms with Crippen LogP contribution in [0, 0.1) is 5.92 Å². The van der Waals surface area contributed by atoms with Crippen molar-refractivity contribution in [3.8, 4) is 5.75 Å². The minimum Gasteiger partial charge on any atom is -0.478 e. The normalized spacial score (nSPS) is 18.3. The predicted molar refractivity (Wildman–Crippen MR) is 74.2 cm³/mol. The molecule has 1 aromatic carbocycles. The Labute approximate surface area is 117 Å². The van der Waals surface area contributed by atoms with E-state index in [-0.39, 0.29) is 23.5 Å². The summed E-state index contributed by atoms with van der Waals surface area (Å²) >= 11 is 5.54. The second-order valence-electron chi connectivity index (χ2n) is 4.92. The standard InChI is InChI=1S/C14H16ClNO3/c1-8(2)13-14(18)16(3)10-6-9(11(17)7-15)4-5-12(10)19-13/h4-6,8,13H,7H2,1-3H3. The Bertz CT molecular complexity index is 527. The van der Waals surface area contributed by atoms with Gasteiger partial charge in [-0.3, -0.25) is 9.59 Å². The molecule has 5 heteroatoms. The van der Waals surface area contributed by atoms with Crippen LogP contribution in [0.2, 0.25) is 0 Å². The van der Waals surface area contributed by atoms with Gasteiger partial charge in [-0.2, -0.15) is 0 Å². The van der Waals surface area contributed by atoms with Crippen LogP contribution in [0.3, 0.4) is 0 Å². The number of ether oxygens (including phenoxy) is 1. The van der Waals surface area contributed by atoms with Gasteiger partial charge >= 0.3 is 0 Å². The number of carbonyl (C=O) groups excluding carboxylic acids is 2. The third kappa shape index (κ3) is 2.45. The van der Waals surface area contributed by atoms with E-state index in [1.807, 2.05) is 13.8 Å². The van der Waals surface area contributed by atoms with Gasteiger partial charge in [0.1, 0.15) is 5.75 Å². The highest BCUT2D eigenvalue weighted by Crippen LogP contribution is 2.35. The lowest BCUT2D eigenvalue weighted by Gasteiger charge is -2.34. The number of Topliss-reactive ketones (excluding diaryl/α,β-unsaturated/α-hetero) is 1. The maximum absolute atomic E-state index is 12.2. The van der Waals surface area contributed by atoms with Crippen molar-refractivity contribution in [2.75, 3.05) is 17.8 Å². The predicted octanol–water partition coefficient (Wildman–Crippen LogP) is 2.49. The van der Waals surface area contributed by atoms with Crippen LogP contribution in [0.25, 0.3) is 0 Å². The van der Waals surface area contributed by atoms with Crippen LogP contribution < -0.4 is 9.64 Å². The highest BCUT2D eigenvalue weighted by molar-refractivity contribution is 6.30. The quantitative estimate of drug-likeness (QED) is 0.632. The Kier molecular flexibility index (Phi) is 3.80. The Balaban J connectivity index is 2.42. The maximum Gasteiger partial charge on any atom is 0.268 e. The number of likely N-dealkylation sites (N-methyl/N-ethyl adjacent to an activating group) is 1. The summed E-state index contributed by atoms with van der Waals surface area (Å²) in [5.74, 6) is 0.361. The van der Waals surface area contributed by atoms with Crippen LogP contribution in [0.1, 0.15) is 24.2 Å². The number of benzene rings is 1. The minimum atomic E-state index is -0.480. The molecule has 19 heavy (non-hydrogen) atoms. The van der Waals surface area contributed by atoms with Gasteiger partial charge in [0.15, 0.2) is 11.9 Å². The molecule has 0 aliphatic carbocycles. The average Bonchev–Trinajstić information content (AvgIpc) is 2.41. The summed E-state index contributed by atoms with van der Waals surface area (Å²) in [5, 5.41) is 0. The fraction of sp³-hybridized carbons (Fsp3) is 0.429. The smallest absolute Gasteiger partial charge is 0.268 e. The van der Waals surface area contributed by atoms with Crippen molar-refractivity contribution in [3.63, 3.8) is 0 Å². The van der Waals surface area contributed by atoms with E-state index < -0.39 is 6.10 Å². The first-order chi connectivity index (χ1) is 8.95. The molecule has 1 atom stereocenters. The topological polar surface area (TPSA) is 46.6 Å². The molecule has 1 heterocycles. The summed E-state index contributed by atoms with van der Waals surface area (Å²) in [5.41, 5.74) is 1.10. The van der Waals surface area contributed by atoms with Crippen molar-refractivity contribution in [2.24, 2.45) is 5.92 Å². The first-order valence-electron chi connectivity index (χ1n) is 6.13. The molecule has 0 fully saturated rings. The summed E-state index contributed by atoms with van der Waals surface area (Å²) in [6.07, 6.45) is -0.480. The molecule has 1 amide bonds. The van der Waals surface area contributed by atoms with Gasteiger partial charge in [0, 0.05) is 12.6 Å². The molecule has 0 saturated heterocycles. The van der Waals surface area contributed by atoms with Gasteiger partial charge in [0.2, 0.25) is 0 Å². The van der Waals surface area contributed by atoms with Crippen LogP contribution >= 0.6 is 11.6 Å². The number of alkyl halides is 1. The van der Waals surface area contributed by atoms with E-state index in [0.29, 0.717) is 17.0 Å². The van der Waals surface area contributed by atoms with Crippen molar-refractivity contribution in [3.05, 3.63) is 23.8 Å². The molecular weight excluding hydrogens is 266 g/mol. The van der Waals surface area contributed by atoms with Gasteiger partial charge in [-0.05, 0) is 24.1 Å². The van der Waals surface area contributed by atoms with Gasteiger partial charge in [-0.1, -0.05) is 13.8 Å². The monoisotopic (exact) mass is 281 g/mol. The van der Waals surface area contributed by atoms with Gasteiger partial charge in [-0.15, -0.1) is 11.6 Å². The number of fused-ring (bicyclic) bond motifs is 1. The molecule has 2 rings (SSSR count). The van der Waals surface area contributed by atoms with Crippen LogP contribution in [-0.2, 0) is 4.79 Å². The van der Waals surface area contributed by atoms with E-state index in [1.165, 1.54) is 4.90 Å². The van der Waals surface area contributed by atoms with Crippen molar-refractivity contribution in [1.82, 2.24) is 0 Å². The molecule has 1 unspecified atom stereocenters. The summed E-state index contributed by atoms with van der Waals surface area (Å²) in [7, 11) is 1.69. The lowest BCUT2D eigenvalue weighted by molar-refractivity contribution is -0.127. The number of hydrogen-bond donors (Lipinski definition) is 0. The summed E-state index contributed by atoms with van der Waals surface area (Å²) in [6.45, 7) is 3.87. The van der Waals surface area contributed by atoms with E-state index in [9.17, 15) is 9.59 Å². The lowest BCUT2D eigenvalue weighted by atomic mass is 10.0. The van der Waals surface area contributed by atoms with Gasteiger partial charge < -0.3 is 9.64 Å². The summed E-state index contributed by atoms with van der Waals surface area (Å²) in [6, 6.07) is 5.03. The zero-order valence-electron chi connectivity index (χ0n) is 11.1. The third-order valence-electron chi connectivity index (χ3n) is 3.20. The first kappa shape index (κ1) is 13.9. The zero-order chi connectivity index (χ0) is 14.2. The molecule has 0 aromatic heterocycles. The molecular formula is C14H16ClNO3. The number of anilines is 1. The Hall–Kier alpha value is -1.55.